The van der Waals surface area contributed by atoms with Crippen LogP contribution in [0.15, 0.2) is 30.3 Å². The Kier molecular flexibility index (Phi) is 6.21. The molecule has 1 aromatic rings. The van der Waals surface area contributed by atoms with E-state index in [1.165, 1.54) is 5.56 Å². The van der Waals surface area contributed by atoms with E-state index < -0.39 is 6.04 Å². The third-order valence-electron chi connectivity index (χ3n) is 4.31. The van der Waals surface area contributed by atoms with Gasteiger partial charge in [-0.3, -0.25) is 4.79 Å². The summed E-state index contributed by atoms with van der Waals surface area (Å²) in [5.41, 5.74) is 7.26. The quantitative estimate of drug-likeness (QED) is 0.844. The second kappa shape index (κ2) is 8.15. The minimum Gasteiger partial charge on any atom is -0.385 e. The smallest absolute Gasteiger partial charge is 0.237 e. The van der Waals surface area contributed by atoms with Crippen molar-refractivity contribution in [2.45, 2.75) is 50.1 Å². The monoisotopic (exact) mass is 290 g/mol. The van der Waals surface area contributed by atoms with Gasteiger partial charge in [-0.1, -0.05) is 30.3 Å². The number of nitrogens with one attached hydrogen (secondary N) is 1. The van der Waals surface area contributed by atoms with Gasteiger partial charge in [-0.05, 0) is 43.6 Å². The van der Waals surface area contributed by atoms with Gasteiger partial charge in [0.1, 0.15) is 0 Å². The van der Waals surface area contributed by atoms with Crippen molar-refractivity contribution in [3.63, 3.8) is 0 Å². The van der Waals surface area contributed by atoms with Gasteiger partial charge in [-0.2, -0.15) is 0 Å². The lowest BCUT2D eigenvalue weighted by molar-refractivity contribution is -0.123. The average molecular weight is 290 g/mol. The van der Waals surface area contributed by atoms with Crippen LogP contribution in [0.3, 0.4) is 0 Å². The maximum absolute atomic E-state index is 12.0. The third kappa shape index (κ3) is 4.83. The second-order valence-electron chi connectivity index (χ2n) is 5.86. The van der Waals surface area contributed by atoms with Crippen molar-refractivity contribution >= 4 is 5.91 Å². The molecule has 0 aliphatic heterocycles. The fourth-order valence-electron chi connectivity index (χ4n) is 2.98. The van der Waals surface area contributed by atoms with Crippen molar-refractivity contribution in [3.8, 4) is 0 Å². The first-order valence-corrected chi connectivity index (χ1v) is 7.80. The Labute approximate surface area is 127 Å². The Morgan fingerprint density at radius 2 is 1.95 bits per heavy atom. The number of ether oxygens (including phenoxy) is 1. The lowest BCUT2D eigenvalue weighted by atomic mass is 9.81. The van der Waals surface area contributed by atoms with Gasteiger partial charge in [0.25, 0.3) is 0 Å². The summed E-state index contributed by atoms with van der Waals surface area (Å²) in [5, 5.41) is 3.08. The van der Waals surface area contributed by atoms with E-state index >= 15 is 0 Å². The molecule has 1 saturated carbocycles. The largest absolute Gasteiger partial charge is 0.385 e. The van der Waals surface area contributed by atoms with Gasteiger partial charge in [0, 0.05) is 19.8 Å². The van der Waals surface area contributed by atoms with Gasteiger partial charge in [0.05, 0.1) is 6.04 Å². The fraction of sp³-hybridized carbons (Fsp3) is 0.588. The number of hydrogen-bond donors (Lipinski definition) is 2. The highest BCUT2D eigenvalue weighted by Gasteiger charge is 2.24. The Morgan fingerprint density at radius 1 is 1.29 bits per heavy atom. The van der Waals surface area contributed by atoms with Crippen molar-refractivity contribution in [2.75, 3.05) is 13.7 Å². The number of carbonyl (C=O) groups excluding carboxylic acids is 1. The summed E-state index contributed by atoms with van der Waals surface area (Å²) in [6.07, 6.45) is 4.89. The van der Waals surface area contributed by atoms with Crippen LogP contribution in [0.4, 0.5) is 0 Å². The molecule has 1 atom stereocenters. The van der Waals surface area contributed by atoms with E-state index in [0.29, 0.717) is 18.9 Å². The molecular weight excluding hydrogens is 264 g/mol. The highest BCUT2D eigenvalue weighted by molar-refractivity contribution is 5.81. The molecule has 1 aromatic carbocycles. The molecule has 1 unspecified atom stereocenters. The summed E-state index contributed by atoms with van der Waals surface area (Å²) < 4.78 is 4.96. The van der Waals surface area contributed by atoms with Crippen LogP contribution in [0.1, 0.15) is 43.6 Å². The van der Waals surface area contributed by atoms with Crippen molar-refractivity contribution in [1.29, 1.82) is 0 Å². The van der Waals surface area contributed by atoms with E-state index in [9.17, 15) is 4.79 Å². The summed E-state index contributed by atoms with van der Waals surface area (Å²) in [6, 6.07) is 10.4. The first-order chi connectivity index (χ1) is 10.2. The SMILES string of the molecule is COCCC(N)C(=O)NC1CCC(c2ccccc2)CC1. The predicted octanol–water partition coefficient (Wildman–Crippen LogP) is 2.19. The molecule has 2 rings (SSSR count). The number of rotatable bonds is 6. The lowest BCUT2D eigenvalue weighted by Crippen LogP contribution is -2.46. The Morgan fingerprint density at radius 3 is 2.57 bits per heavy atom. The standard InChI is InChI=1S/C17H26N2O2/c1-21-12-11-16(18)17(20)19-15-9-7-14(8-10-15)13-5-3-2-4-6-13/h2-6,14-16H,7-12,18H2,1H3,(H,19,20). The first kappa shape index (κ1) is 16.0. The summed E-state index contributed by atoms with van der Waals surface area (Å²) >= 11 is 0. The fourth-order valence-corrected chi connectivity index (χ4v) is 2.98. The number of hydrogen-bond acceptors (Lipinski definition) is 3. The number of amides is 1. The van der Waals surface area contributed by atoms with E-state index in [-0.39, 0.29) is 11.9 Å². The average Bonchev–Trinajstić information content (AvgIpc) is 2.54. The number of benzene rings is 1. The molecule has 0 radical (unpaired) electrons. The zero-order valence-corrected chi connectivity index (χ0v) is 12.8. The van der Waals surface area contributed by atoms with Gasteiger partial charge in [0.2, 0.25) is 5.91 Å². The summed E-state index contributed by atoms with van der Waals surface area (Å²) in [4.78, 5) is 12.0. The van der Waals surface area contributed by atoms with Crippen LogP contribution in [-0.4, -0.2) is 31.7 Å². The zero-order valence-electron chi connectivity index (χ0n) is 12.8. The topological polar surface area (TPSA) is 64.3 Å². The van der Waals surface area contributed by atoms with E-state index in [1.54, 1.807) is 7.11 Å². The van der Waals surface area contributed by atoms with E-state index in [1.807, 2.05) is 0 Å². The van der Waals surface area contributed by atoms with E-state index in [2.05, 4.69) is 35.6 Å². The molecule has 4 heteroatoms. The van der Waals surface area contributed by atoms with Crippen LogP contribution in [0.25, 0.3) is 0 Å². The van der Waals surface area contributed by atoms with Crippen LogP contribution in [-0.2, 0) is 9.53 Å². The third-order valence-corrected chi connectivity index (χ3v) is 4.31. The summed E-state index contributed by atoms with van der Waals surface area (Å²) in [7, 11) is 1.62. The Balaban J connectivity index is 1.75. The van der Waals surface area contributed by atoms with Crippen molar-refractivity contribution in [1.82, 2.24) is 5.32 Å². The number of nitrogens with two attached hydrogens (primary N) is 1. The molecule has 1 fully saturated rings. The molecule has 1 aliphatic carbocycles. The molecule has 0 heterocycles. The minimum atomic E-state index is -0.461. The molecule has 1 amide bonds. The molecule has 0 spiro atoms. The first-order valence-electron chi connectivity index (χ1n) is 7.80. The maximum Gasteiger partial charge on any atom is 0.237 e. The highest BCUT2D eigenvalue weighted by atomic mass is 16.5. The Bertz CT molecular complexity index is 428. The van der Waals surface area contributed by atoms with Crippen molar-refractivity contribution in [2.24, 2.45) is 5.73 Å². The van der Waals surface area contributed by atoms with Gasteiger partial charge < -0.3 is 15.8 Å². The molecule has 4 nitrogen and oxygen atoms in total. The molecule has 0 bridgehead atoms. The molecule has 21 heavy (non-hydrogen) atoms. The molecule has 1 aliphatic rings. The molecule has 3 N–H and O–H groups in total. The lowest BCUT2D eigenvalue weighted by Gasteiger charge is -2.30. The highest BCUT2D eigenvalue weighted by Crippen LogP contribution is 2.32. The number of methoxy groups -OCH3 is 1. The van der Waals surface area contributed by atoms with Gasteiger partial charge in [-0.25, -0.2) is 0 Å². The van der Waals surface area contributed by atoms with Crippen LogP contribution >= 0.6 is 0 Å². The molecule has 0 saturated heterocycles. The molecule has 116 valence electrons. The number of carbonyl (C=O) groups is 1. The van der Waals surface area contributed by atoms with Crippen LogP contribution < -0.4 is 11.1 Å². The van der Waals surface area contributed by atoms with Crippen LogP contribution in [0.2, 0.25) is 0 Å². The van der Waals surface area contributed by atoms with Gasteiger partial charge in [-0.15, -0.1) is 0 Å². The molecular formula is C17H26N2O2. The normalized spacial score (nSPS) is 23.5. The maximum atomic E-state index is 12.0. The summed E-state index contributed by atoms with van der Waals surface area (Å²) in [5.74, 6) is 0.580. The van der Waals surface area contributed by atoms with E-state index in [0.717, 1.165) is 25.7 Å². The van der Waals surface area contributed by atoms with Crippen molar-refractivity contribution < 1.29 is 9.53 Å². The van der Waals surface area contributed by atoms with Crippen molar-refractivity contribution in [3.05, 3.63) is 35.9 Å². The predicted molar refractivity (Wildman–Crippen MR) is 84.1 cm³/mol. The second-order valence-corrected chi connectivity index (χ2v) is 5.86. The summed E-state index contributed by atoms with van der Waals surface area (Å²) in [6.45, 7) is 0.523. The van der Waals surface area contributed by atoms with Gasteiger partial charge >= 0.3 is 0 Å². The van der Waals surface area contributed by atoms with Gasteiger partial charge in [0.15, 0.2) is 0 Å². The van der Waals surface area contributed by atoms with Crippen LogP contribution in [0, 0.1) is 0 Å². The van der Waals surface area contributed by atoms with E-state index in [4.69, 9.17) is 10.5 Å². The van der Waals surface area contributed by atoms with Crippen LogP contribution in [0.5, 0.6) is 0 Å². The minimum absolute atomic E-state index is 0.0461. The molecule has 0 aromatic heterocycles. The zero-order chi connectivity index (χ0) is 15.1. The Hall–Kier alpha value is -1.39.